The first kappa shape index (κ1) is 20.7. The fraction of sp³-hybridized carbons (Fsp3) is 0.190. The second-order valence-corrected chi connectivity index (χ2v) is 5.63. The molecule has 0 aromatic heterocycles. The minimum atomic E-state index is -1.25. The fourth-order valence-electron chi connectivity index (χ4n) is 2.30. The molecule has 0 aliphatic heterocycles. The molecule has 7 nitrogen and oxygen atoms in total. The highest BCUT2D eigenvalue weighted by atomic mass is 16.5. The van der Waals surface area contributed by atoms with Gasteiger partial charge in [-0.25, -0.2) is 9.59 Å². The summed E-state index contributed by atoms with van der Waals surface area (Å²) >= 11 is 0. The minimum absolute atomic E-state index is 0.451. The first-order valence-electron chi connectivity index (χ1n) is 8.72. The SMILES string of the molecule is CCOc1ccc(/C=C/C(=O)OC(C(=O)NC(=O)NC)c2ccccc2)cc1. The molecule has 7 heteroatoms. The predicted molar refractivity (Wildman–Crippen MR) is 105 cm³/mol. The van der Waals surface area contributed by atoms with E-state index in [9.17, 15) is 14.4 Å². The molecule has 0 radical (unpaired) electrons. The lowest BCUT2D eigenvalue weighted by atomic mass is 10.1. The van der Waals surface area contributed by atoms with Crippen molar-refractivity contribution in [2.45, 2.75) is 13.0 Å². The third-order valence-electron chi connectivity index (χ3n) is 3.64. The molecule has 28 heavy (non-hydrogen) atoms. The number of urea groups is 1. The zero-order chi connectivity index (χ0) is 20.4. The summed E-state index contributed by atoms with van der Waals surface area (Å²) < 4.78 is 10.6. The molecule has 0 saturated heterocycles. The van der Waals surface area contributed by atoms with Gasteiger partial charge < -0.3 is 14.8 Å². The molecule has 1 atom stereocenters. The van der Waals surface area contributed by atoms with Gasteiger partial charge in [-0.3, -0.25) is 10.1 Å². The van der Waals surface area contributed by atoms with Crippen LogP contribution in [-0.2, 0) is 14.3 Å². The van der Waals surface area contributed by atoms with Crippen molar-refractivity contribution in [2.75, 3.05) is 13.7 Å². The smallest absolute Gasteiger partial charge is 0.331 e. The highest BCUT2D eigenvalue weighted by molar-refractivity contribution is 5.98. The fourth-order valence-corrected chi connectivity index (χ4v) is 2.30. The number of imide groups is 1. The Morgan fingerprint density at radius 1 is 1.04 bits per heavy atom. The average Bonchev–Trinajstić information content (AvgIpc) is 2.72. The molecular weight excluding hydrogens is 360 g/mol. The van der Waals surface area contributed by atoms with E-state index in [-0.39, 0.29) is 0 Å². The van der Waals surface area contributed by atoms with Crippen LogP contribution in [0, 0.1) is 0 Å². The molecule has 2 N–H and O–H groups in total. The topological polar surface area (TPSA) is 93.7 Å². The molecule has 1 unspecified atom stereocenters. The lowest BCUT2D eigenvalue weighted by Gasteiger charge is -2.16. The Balaban J connectivity index is 2.08. The number of amides is 3. The minimum Gasteiger partial charge on any atom is -0.494 e. The van der Waals surface area contributed by atoms with Crippen LogP contribution in [0.4, 0.5) is 4.79 Å². The summed E-state index contributed by atoms with van der Waals surface area (Å²) in [5.74, 6) is -0.722. The second-order valence-electron chi connectivity index (χ2n) is 5.63. The van der Waals surface area contributed by atoms with Crippen molar-refractivity contribution in [3.05, 3.63) is 71.8 Å². The van der Waals surface area contributed by atoms with Crippen LogP contribution in [-0.4, -0.2) is 31.6 Å². The van der Waals surface area contributed by atoms with E-state index in [1.54, 1.807) is 60.7 Å². The van der Waals surface area contributed by atoms with Gasteiger partial charge in [-0.1, -0.05) is 42.5 Å². The quantitative estimate of drug-likeness (QED) is 0.567. The van der Waals surface area contributed by atoms with Gasteiger partial charge in [0.25, 0.3) is 5.91 Å². The number of benzene rings is 2. The van der Waals surface area contributed by atoms with Gasteiger partial charge in [0.15, 0.2) is 0 Å². The molecule has 0 spiro atoms. The number of hydrogen-bond acceptors (Lipinski definition) is 5. The summed E-state index contributed by atoms with van der Waals surface area (Å²) in [4.78, 5) is 36.0. The summed E-state index contributed by atoms with van der Waals surface area (Å²) in [6.07, 6.45) is 1.53. The highest BCUT2D eigenvalue weighted by Gasteiger charge is 2.25. The van der Waals surface area contributed by atoms with Crippen LogP contribution < -0.4 is 15.4 Å². The number of carbonyl (C=O) groups excluding carboxylic acids is 3. The van der Waals surface area contributed by atoms with Crippen molar-refractivity contribution in [3.8, 4) is 5.75 Å². The summed E-state index contributed by atoms with van der Waals surface area (Å²) in [6, 6.07) is 14.9. The molecule has 0 heterocycles. The molecule has 2 rings (SSSR count). The number of hydrogen-bond donors (Lipinski definition) is 2. The van der Waals surface area contributed by atoms with Crippen molar-refractivity contribution >= 4 is 24.0 Å². The Kier molecular flexibility index (Phi) is 7.77. The van der Waals surface area contributed by atoms with E-state index in [0.29, 0.717) is 12.2 Å². The highest BCUT2D eigenvalue weighted by Crippen LogP contribution is 2.18. The van der Waals surface area contributed by atoms with Gasteiger partial charge in [0.1, 0.15) is 5.75 Å². The third kappa shape index (κ3) is 6.28. The Bertz CT molecular complexity index is 832. The lowest BCUT2D eigenvalue weighted by Crippen LogP contribution is -2.41. The maximum Gasteiger partial charge on any atom is 0.331 e. The van der Waals surface area contributed by atoms with E-state index in [0.717, 1.165) is 11.3 Å². The Morgan fingerprint density at radius 2 is 1.71 bits per heavy atom. The number of esters is 1. The second kappa shape index (κ2) is 10.5. The largest absolute Gasteiger partial charge is 0.494 e. The summed E-state index contributed by atoms with van der Waals surface area (Å²) in [5.41, 5.74) is 1.22. The van der Waals surface area contributed by atoms with Gasteiger partial charge in [0.05, 0.1) is 6.61 Å². The Morgan fingerprint density at radius 3 is 2.32 bits per heavy atom. The van der Waals surface area contributed by atoms with Crippen molar-refractivity contribution in [3.63, 3.8) is 0 Å². The van der Waals surface area contributed by atoms with Gasteiger partial charge in [-0.05, 0) is 30.7 Å². The van der Waals surface area contributed by atoms with Crippen molar-refractivity contribution in [2.24, 2.45) is 0 Å². The monoisotopic (exact) mass is 382 g/mol. The van der Waals surface area contributed by atoms with Gasteiger partial charge in [0, 0.05) is 18.7 Å². The Labute approximate surface area is 163 Å². The zero-order valence-corrected chi connectivity index (χ0v) is 15.7. The van der Waals surface area contributed by atoms with Crippen molar-refractivity contribution in [1.82, 2.24) is 10.6 Å². The van der Waals surface area contributed by atoms with Gasteiger partial charge >= 0.3 is 12.0 Å². The van der Waals surface area contributed by atoms with Crippen LogP contribution in [0.1, 0.15) is 24.2 Å². The summed E-state index contributed by atoms with van der Waals surface area (Å²) in [6.45, 7) is 2.47. The summed E-state index contributed by atoms with van der Waals surface area (Å²) in [7, 11) is 1.38. The number of ether oxygens (including phenoxy) is 2. The number of nitrogens with one attached hydrogen (secondary N) is 2. The van der Waals surface area contributed by atoms with Gasteiger partial charge in [0.2, 0.25) is 6.10 Å². The standard InChI is InChI=1S/C21H22N2O5/c1-3-27-17-12-9-15(10-13-17)11-14-18(24)28-19(16-7-5-4-6-8-16)20(25)23-21(26)22-2/h4-14,19H,3H2,1-2H3,(H2,22,23,25,26)/b14-11+. The van der Waals surface area contributed by atoms with Crippen LogP contribution in [0.5, 0.6) is 5.75 Å². The van der Waals surface area contributed by atoms with E-state index < -0.39 is 24.0 Å². The van der Waals surface area contributed by atoms with Gasteiger partial charge in [-0.2, -0.15) is 0 Å². The molecule has 0 aliphatic carbocycles. The zero-order valence-electron chi connectivity index (χ0n) is 15.7. The van der Waals surface area contributed by atoms with Crippen LogP contribution in [0.2, 0.25) is 0 Å². The van der Waals surface area contributed by atoms with E-state index in [2.05, 4.69) is 10.6 Å². The number of rotatable bonds is 7. The maximum atomic E-state index is 12.3. The predicted octanol–water partition coefficient (Wildman–Crippen LogP) is 2.84. The van der Waals surface area contributed by atoms with Crippen LogP contribution in [0.3, 0.4) is 0 Å². The normalized spacial score (nSPS) is 11.5. The molecule has 0 fully saturated rings. The van der Waals surface area contributed by atoms with E-state index in [1.165, 1.54) is 13.1 Å². The molecule has 3 amide bonds. The molecule has 2 aromatic carbocycles. The van der Waals surface area contributed by atoms with Crippen LogP contribution >= 0.6 is 0 Å². The van der Waals surface area contributed by atoms with Gasteiger partial charge in [-0.15, -0.1) is 0 Å². The Hall–Kier alpha value is -3.61. The third-order valence-corrected chi connectivity index (χ3v) is 3.64. The average molecular weight is 382 g/mol. The first-order valence-corrected chi connectivity index (χ1v) is 8.72. The van der Waals surface area contributed by atoms with E-state index >= 15 is 0 Å². The molecule has 2 aromatic rings. The van der Waals surface area contributed by atoms with E-state index in [4.69, 9.17) is 9.47 Å². The summed E-state index contributed by atoms with van der Waals surface area (Å²) in [5, 5.41) is 4.40. The molecular formula is C21H22N2O5. The van der Waals surface area contributed by atoms with Crippen LogP contribution in [0.25, 0.3) is 6.08 Å². The molecule has 0 bridgehead atoms. The first-order chi connectivity index (χ1) is 13.5. The molecule has 0 aliphatic rings. The molecule has 0 saturated carbocycles. The van der Waals surface area contributed by atoms with Crippen LogP contribution in [0.15, 0.2) is 60.7 Å². The maximum absolute atomic E-state index is 12.3. The van der Waals surface area contributed by atoms with Crippen molar-refractivity contribution < 1.29 is 23.9 Å². The number of carbonyl (C=O) groups is 3. The molecule has 146 valence electrons. The van der Waals surface area contributed by atoms with E-state index in [1.807, 2.05) is 6.92 Å². The lowest BCUT2D eigenvalue weighted by molar-refractivity contribution is -0.151. The van der Waals surface area contributed by atoms with Crippen molar-refractivity contribution in [1.29, 1.82) is 0 Å².